The maximum atomic E-state index is 12.8. The summed E-state index contributed by atoms with van der Waals surface area (Å²) < 4.78 is 11.2. The molecule has 5 rings (SSSR count). The Bertz CT molecular complexity index is 828. The molecule has 1 aliphatic heterocycles. The predicted octanol–water partition coefficient (Wildman–Crippen LogP) is 2.76. The number of carbonyl (C=O) groups excluding carboxylic acids is 1. The van der Waals surface area contributed by atoms with Crippen LogP contribution in [0.4, 0.5) is 0 Å². The van der Waals surface area contributed by atoms with Crippen molar-refractivity contribution in [2.45, 2.75) is 50.9 Å². The number of likely N-dealkylation sites (tertiary alicyclic amines) is 1. The number of fused-ring (bicyclic) bond motifs is 1. The van der Waals surface area contributed by atoms with E-state index in [1.165, 1.54) is 12.8 Å². The van der Waals surface area contributed by atoms with Crippen molar-refractivity contribution in [2.24, 2.45) is 5.92 Å². The number of hydrogen-bond donors (Lipinski definition) is 0. The molecule has 27 heavy (non-hydrogen) atoms. The molecule has 2 aromatic heterocycles. The summed E-state index contributed by atoms with van der Waals surface area (Å²) in [5.41, 5.74) is 3.06. The van der Waals surface area contributed by atoms with Crippen molar-refractivity contribution in [3.8, 4) is 5.88 Å². The minimum absolute atomic E-state index is 0.0262. The van der Waals surface area contributed by atoms with E-state index in [2.05, 4.69) is 15.4 Å². The van der Waals surface area contributed by atoms with Crippen LogP contribution in [0.25, 0.3) is 0 Å². The van der Waals surface area contributed by atoms with Gasteiger partial charge in [0.1, 0.15) is 0 Å². The molecule has 1 saturated carbocycles. The van der Waals surface area contributed by atoms with Gasteiger partial charge in [-0.1, -0.05) is 5.16 Å². The highest BCUT2D eigenvalue weighted by molar-refractivity contribution is 5.93. The molecule has 2 aromatic rings. The summed E-state index contributed by atoms with van der Waals surface area (Å²) in [5.74, 6) is 1.89. The first-order valence-corrected chi connectivity index (χ1v) is 10.0. The molecule has 0 aromatic carbocycles. The summed E-state index contributed by atoms with van der Waals surface area (Å²) in [6.07, 6.45) is 7.41. The van der Waals surface area contributed by atoms with Crippen LogP contribution in [0, 0.1) is 5.92 Å². The second-order valence-electron chi connectivity index (χ2n) is 7.93. The summed E-state index contributed by atoms with van der Waals surface area (Å²) in [4.78, 5) is 14.7. The lowest BCUT2D eigenvalue weighted by molar-refractivity contribution is 0.0740. The summed E-state index contributed by atoms with van der Waals surface area (Å²) in [7, 11) is 0. The first kappa shape index (κ1) is 16.7. The largest absolute Gasteiger partial charge is 0.476 e. The van der Waals surface area contributed by atoms with Gasteiger partial charge in [-0.3, -0.25) is 4.79 Å². The smallest absolute Gasteiger partial charge is 0.292 e. The van der Waals surface area contributed by atoms with E-state index in [9.17, 15) is 4.79 Å². The van der Waals surface area contributed by atoms with Crippen LogP contribution in [-0.4, -0.2) is 45.9 Å². The molecule has 0 spiro atoms. The van der Waals surface area contributed by atoms with E-state index in [1.807, 2.05) is 17.0 Å². The molecule has 7 heteroatoms. The molecule has 0 radical (unpaired) electrons. The van der Waals surface area contributed by atoms with Gasteiger partial charge < -0.3 is 14.2 Å². The van der Waals surface area contributed by atoms with Crippen LogP contribution < -0.4 is 4.74 Å². The van der Waals surface area contributed by atoms with E-state index in [1.54, 1.807) is 0 Å². The second kappa shape index (κ2) is 6.94. The predicted molar refractivity (Wildman–Crippen MR) is 96.7 cm³/mol. The van der Waals surface area contributed by atoms with E-state index < -0.39 is 0 Å². The third-order valence-corrected chi connectivity index (χ3v) is 5.85. The quantitative estimate of drug-likeness (QED) is 0.807. The van der Waals surface area contributed by atoms with Gasteiger partial charge in [0, 0.05) is 36.6 Å². The summed E-state index contributed by atoms with van der Waals surface area (Å²) in [6.45, 7) is 1.96. The topological polar surface area (TPSA) is 81.4 Å². The van der Waals surface area contributed by atoms with Gasteiger partial charge in [-0.25, -0.2) is 0 Å². The van der Waals surface area contributed by atoms with Crippen LogP contribution in [0.1, 0.15) is 65.5 Å². The van der Waals surface area contributed by atoms with Crippen LogP contribution in [0.15, 0.2) is 16.7 Å². The lowest BCUT2D eigenvalue weighted by atomic mass is 9.96. The minimum Gasteiger partial charge on any atom is -0.476 e. The van der Waals surface area contributed by atoms with Gasteiger partial charge in [0.05, 0.1) is 18.0 Å². The number of nitrogens with zero attached hydrogens (tertiary/aromatic N) is 4. The van der Waals surface area contributed by atoms with Gasteiger partial charge in [0.25, 0.3) is 5.91 Å². The maximum absolute atomic E-state index is 12.8. The van der Waals surface area contributed by atoms with Gasteiger partial charge in [-0.05, 0) is 51.0 Å². The highest BCUT2D eigenvalue weighted by Crippen LogP contribution is 2.38. The van der Waals surface area contributed by atoms with Gasteiger partial charge in [0.15, 0.2) is 0 Å². The molecular weight excluding hydrogens is 344 g/mol. The van der Waals surface area contributed by atoms with Crippen molar-refractivity contribution in [1.29, 1.82) is 0 Å². The molecule has 3 heterocycles. The Balaban J connectivity index is 1.16. The maximum Gasteiger partial charge on any atom is 0.292 e. The number of amides is 1. The highest BCUT2D eigenvalue weighted by atomic mass is 16.5. The molecular formula is C20H24N4O3. The Morgan fingerprint density at radius 2 is 2.07 bits per heavy atom. The number of aryl methyl sites for hydroxylation is 1. The van der Waals surface area contributed by atoms with Crippen LogP contribution >= 0.6 is 0 Å². The second-order valence-corrected chi connectivity index (χ2v) is 7.93. The SMILES string of the molecule is O=C(c1onc2c1CCCC2)N1CCC(COc2ccc(C3CC3)nn2)C1. The van der Waals surface area contributed by atoms with Gasteiger partial charge in [-0.15, -0.1) is 5.10 Å². The van der Waals surface area contributed by atoms with E-state index in [0.717, 1.165) is 55.6 Å². The Kier molecular flexibility index (Phi) is 4.30. The molecule has 142 valence electrons. The fourth-order valence-electron chi connectivity index (χ4n) is 4.06. The molecule has 0 N–H and O–H groups in total. The third kappa shape index (κ3) is 3.42. The van der Waals surface area contributed by atoms with Gasteiger partial charge in [-0.2, -0.15) is 5.10 Å². The third-order valence-electron chi connectivity index (χ3n) is 5.85. The molecule has 1 amide bonds. The minimum atomic E-state index is -0.0262. The molecule has 1 atom stereocenters. The molecule has 2 fully saturated rings. The number of aromatic nitrogens is 3. The average molecular weight is 368 g/mol. The number of ether oxygens (including phenoxy) is 1. The molecule has 1 unspecified atom stereocenters. The van der Waals surface area contributed by atoms with Crippen molar-refractivity contribution in [3.63, 3.8) is 0 Å². The zero-order valence-electron chi connectivity index (χ0n) is 15.4. The van der Waals surface area contributed by atoms with Crippen molar-refractivity contribution in [2.75, 3.05) is 19.7 Å². The van der Waals surface area contributed by atoms with E-state index >= 15 is 0 Å². The standard InChI is InChI=1S/C20H24N4O3/c25-20(19-15-3-1-2-4-17(15)23-27-19)24-10-9-13(11-24)12-26-18-8-7-16(21-22-18)14-5-6-14/h7-8,13-14H,1-6,9-12H2. The lowest BCUT2D eigenvalue weighted by Crippen LogP contribution is -2.30. The lowest BCUT2D eigenvalue weighted by Gasteiger charge is -2.16. The first-order valence-electron chi connectivity index (χ1n) is 10.0. The highest BCUT2D eigenvalue weighted by Gasteiger charge is 2.32. The van der Waals surface area contributed by atoms with Gasteiger partial charge in [0.2, 0.25) is 11.6 Å². The Morgan fingerprint density at radius 3 is 2.89 bits per heavy atom. The first-order chi connectivity index (χ1) is 13.3. The number of hydrogen-bond acceptors (Lipinski definition) is 6. The molecule has 3 aliphatic rings. The van der Waals surface area contributed by atoms with Gasteiger partial charge >= 0.3 is 0 Å². The van der Waals surface area contributed by atoms with Crippen molar-refractivity contribution in [1.82, 2.24) is 20.3 Å². The summed E-state index contributed by atoms with van der Waals surface area (Å²) >= 11 is 0. The molecule has 1 saturated heterocycles. The van der Waals surface area contributed by atoms with Crippen LogP contribution in [0.2, 0.25) is 0 Å². The fraction of sp³-hybridized carbons (Fsp3) is 0.600. The Morgan fingerprint density at radius 1 is 1.19 bits per heavy atom. The normalized spacial score (nSPS) is 21.9. The molecule has 7 nitrogen and oxygen atoms in total. The van der Waals surface area contributed by atoms with E-state index in [-0.39, 0.29) is 5.91 Å². The van der Waals surface area contributed by atoms with Crippen molar-refractivity contribution >= 4 is 5.91 Å². The summed E-state index contributed by atoms with van der Waals surface area (Å²) in [6, 6.07) is 3.91. The number of carbonyl (C=O) groups is 1. The van der Waals surface area contributed by atoms with Crippen LogP contribution in [0.5, 0.6) is 5.88 Å². The summed E-state index contributed by atoms with van der Waals surface area (Å²) in [5, 5.41) is 12.5. The van der Waals surface area contributed by atoms with Crippen LogP contribution in [0.3, 0.4) is 0 Å². The van der Waals surface area contributed by atoms with E-state index in [0.29, 0.717) is 36.6 Å². The fourth-order valence-corrected chi connectivity index (χ4v) is 4.06. The Labute approximate surface area is 158 Å². The number of rotatable bonds is 5. The van der Waals surface area contributed by atoms with Crippen molar-refractivity contribution < 1.29 is 14.1 Å². The monoisotopic (exact) mass is 368 g/mol. The zero-order chi connectivity index (χ0) is 18.2. The van der Waals surface area contributed by atoms with Crippen molar-refractivity contribution in [3.05, 3.63) is 34.8 Å². The average Bonchev–Trinajstić information content (AvgIpc) is 3.29. The Hall–Kier alpha value is -2.44. The molecule has 0 bridgehead atoms. The van der Waals surface area contributed by atoms with E-state index in [4.69, 9.17) is 9.26 Å². The zero-order valence-corrected chi connectivity index (χ0v) is 15.4. The molecule has 2 aliphatic carbocycles. The van der Waals surface area contributed by atoms with Crippen LogP contribution in [-0.2, 0) is 12.8 Å².